The standard InChI is InChI=1S/C23H45NO/c1-5-8-20(4)19-24-14-12-23(13-15-24)17-22(18-23)25-16-11-21(9-6-2)10-7-3/h20-22H,5-19H2,1-4H3. The van der Waals surface area contributed by atoms with E-state index in [0.717, 1.165) is 18.4 Å². The number of hydrogen-bond donors (Lipinski definition) is 0. The second-order valence-corrected chi connectivity index (χ2v) is 9.33. The summed E-state index contributed by atoms with van der Waals surface area (Å²) in [5.41, 5.74) is 0.654. The largest absolute Gasteiger partial charge is 0.378 e. The van der Waals surface area contributed by atoms with Gasteiger partial charge >= 0.3 is 0 Å². The highest BCUT2D eigenvalue weighted by atomic mass is 16.5. The Morgan fingerprint density at radius 3 is 2.08 bits per heavy atom. The molecule has 0 radical (unpaired) electrons. The van der Waals surface area contributed by atoms with Crippen LogP contribution in [0, 0.1) is 17.3 Å². The van der Waals surface area contributed by atoms with Gasteiger partial charge in [0.1, 0.15) is 0 Å². The molecule has 2 fully saturated rings. The van der Waals surface area contributed by atoms with Crippen LogP contribution in [-0.2, 0) is 4.74 Å². The monoisotopic (exact) mass is 351 g/mol. The summed E-state index contributed by atoms with van der Waals surface area (Å²) >= 11 is 0. The Kier molecular flexibility index (Phi) is 9.27. The number of hydrogen-bond acceptors (Lipinski definition) is 2. The van der Waals surface area contributed by atoms with Gasteiger partial charge in [-0.05, 0) is 68.9 Å². The van der Waals surface area contributed by atoms with Gasteiger partial charge in [0.15, 0.2) is 0 Å². The van der Waals surface area contributed by atoms with Crippen molar-refractivity contribution in [2.75, 3.05) is 26.2 Å². The Morgan fingerprint density at radius 1 is 0.920 bits per heavy atom. The number of likely N-dealkylation sites (tertiary alicyclic amines) is 1. The molecule has 2 nitrogen and oxygen atoms in total. The Labute approximate surface area is 158 Å². The molecule has 148 valence electrons. The predicted octanol–water partition coefficient (Wildman–Crippen LogP) is 6.29. The van der Waals surface area contributed by atoms with Crippen molar-refractivity contribution < 1.29 is 4.74 Å². The van der Waals surface area contributed by atoms with Gasteiger partial charge in [-0.3, -0.25) is 0 Å². The fourth-order valence-electron chi connectivity index (χ4n) is 5.32. The van der Waals surface area contributed by atoms with Crippen LogP contribution in [0.25, 0.3) is 0 Å². The van der Waals surface area contributed by atoms with E-state index in [1.54, 1.807) is 0 Å². The first kappa shape index (κ1) is 21.2. The van der Waals surface area contributed by atoms with Crippen molar-refractivity contribution in [3.8, 4) is 0 Å². The van der Waals surface area contributed by atoms with Crippen molar-refractivity contribution in [1.29, 1.82) is 0 Å². The maximum Gasteiger partial charge on any atom is 0.0585 e. The first-order valence-corrected chi connectivity index (χ1v) is 11.4. The lowest BCUT2D eigenvalue weighted by molar-refractivity contribution is -0.107. The molecule has 2 aliphatic rings. The van der Waals surface area contributed by atoms with Crippen molar-refractivity contribution in [1.82, 2.24) is 4.90 Å². The van der Waals surface area contributed by atoms with E-state index in [-0.39, 0.29) is 0 Å². The van der Waals surface area contributed by atoms with Crippen molar-refractivity contribution in [2.24, 2.45) is 17.3 Å². The third-order valence-corrected chi connectivity index (χ3v) is 6.86. The first-order chi connectivity index (χ1) is 12.1. The van der Waals surface area contributed by atoms with Crippen molar-refractivity contribution in [3.05, 3.63) is 0 Å². The number of piperidine rings is 1. The highest BCUT2D eigenvalue weighted by Crippen LogP contribution is 2.50. The average Bonchev–Trinajstić information content (AvgIpc) is 2.55. The lowest BCUT2D eigenvalue weighted by Gasteiger charge is -2.52. The van der Waals surface area contributed by atoms with Crippen molar-refractivity contribution in [2.45, 2.75) is 104 Å². The molecular formula is C23H45NO. The average molecular weight is 352 g/mol. The molecule has 0 aromatic rings. The molecule has 1 unspecified atom stereocenters. The first-order valence-electron chi connectivity index (χ1n) is 11.4. The summed E-state index contributed by atoms with van der Waals surface area (Å²) in [6.07, 6.45) is 15.5. The van der Waals surface area contributed by atoms with E-state index in [9.17, 15) is 0 Å². The maximum absolute atomic E-state index is 6.24. The van der Waals surface area contributed by atoms with E-state index >= 15 is 0 Å². The molecule has 1 heterocycles. The second kappa shape index (κ2) is 10.9. The van der Waals surface area contributed by atoms with Crippen LogP contribution >= 0.6 is 0 Å². The van der Waals surface area contributed by atoms with Crippen LogP contribution in [0.2, 0.25) is 0 Å². The van der Waals surface area contributed by atoms with Crippen LogP contribution in [0.3, 0.4) is 0 Å². The minimum Gasteiger partial charge on any atom is -0.378 e. The van der Waals surface area contributed by atoms with E-state index in [0.29, 0.717) is 11.5 Å². The molecule has 1 aliphatic carbocycles. The summed E-state index contributed by atoms with van der Waals surface area (Å²) in [7, 11) is 0. The summed E-state index contributed by atoms with van der Waals surface area (Å²) in [5.74, 6) is 1.77. The lowest BCUT2D eigenvalue weighted by atomic mass is 9.61. The fraction of sp³-hybridized carbons (Fsp3) is 1.00. The third-order valence-electron chi connectivity index (χ3n) is 6.86. The number of ether oxygens (including phenoxy) is 1. The molecule has 1 saturated heterocycles. The Balaban J connectivity index is 1.58. The molecule has 0 aromatic heterocycles. The molecule has 25 heavy (non-hydrogen) atoms. The Morgan fingerprint density at radius 2 is 1.52 bits per heavy atom. The molecule has 2 rings (SSSR count). The fourth-order valence-corrected chi connectivity index (χ4v) is 5.32. The summed E-state index contributed by atoms with van der Waals surface area (Å²) in [4.78, 5) is 2.72. The normalized spacial score (nSPS) is 22.4. The third kappa shape index (κ3) is 6.86. The Bertz CT molecular complexity index is 334. The molecule has 0 aromatic carbocycles. The zero-order chi connectivity index (χ0) is 18.1. The maximum atomic E-state index is 6.24. The van der Waals surface area contributed by atoms with Crippen LogP contribution in [0.15, 0.2) is 0 Å². The van der Waals surface area contributed by atoms with Gasteiger partial charge in [-0.15, -0.1) is 0 Å². The quantitative estimate of drug-likeness (QED) is 0.409. The summed E-state index contributed by atoms with van der Waals surface area (Å²) in [6, 6.07) is 0. The van der Waals surface area contributed by atoms with Gasteiger partial charge in [0.05, 0.1) is 6.10 Å². The van der Waals surface area contributed by atoms with E-state index in [2.05, 4.69) is 32.6 Å². The molecular weight excluding hydrogens is 306 g/mol. The smallest absolute Gasteiger partial charge is 0.0585 e. The molecule has 0 amide bonds. The van der Waals surface area contributed by atoms with Crippen LogP contribution in [0.1, 0.15) is 98.3 Å². The molecule has 2 heteroatoms. The van der Waals surface area contributed by atoms with E-state index in [4.69, 9.17) is 4.74 Å². The van der Waals surface area contributed by atoms with E-state index in [1.807, 2.05) is 0 Å². The van der Waals surface area contributed by atoms with E-state index < -0.39 is 0 Å². The molecule has 1 spiro atoms. The Hall–Kier alpha value is -0.0800. The highest BCUT2D eigenvalue weighted by Gasteiger charge is 2.46. The number of rotatable bonds is 12. The van der Waals surface area contributed by atoms with E-state index in [1.165, 1.54) is 90.3 Å². The van der Waals surface area contributed by atoms with Crippen LogP contribution in [-0.4, -0.2) is 37.2 Å². The molecule has 1 atom stereocenters. The summed E-state index contributed by atoms with van der Waals surface area (Å²) in [5, 5.41) is 0. The van der Waals surface area contributed by atoms with Crippen molar-refractivity contribution >= 4 is 0 Å². The minimum absolute atomic E-state index is 0.578. The summed E-state index contributed by atoms with van der Waals surface area (Å²) < 4.78 is 6.24. The highest BCUT2D eigenvalue weighted by molar-refractivity contribution is 4.98. The molecule has 0 N–H and O–H groups in total. The van der Waals surface area contributed by atoms with Crippen molar-refractivity contribution in [3.63, 3.8) is 0 Å². The molecule has 1 saturated carbocycles. The van der Waals surface area contributed by atoms with Gasteiger partial charge in [0, 0.05) is 13.2 Å². The van der Waals surface area contributed by atoms with Gasteiger partial charge < -0.3 is 9.64 Å². The van der Waals surface area contributed by atoms with Crippen LogP contribution in [0.4, 0.5) is 0 Å². The summed E-state index contributed by atoms with van der Waals surface area (Å²) in [6.45, 7) is 14.3. The zero-order valence-corrected chi connectivity index (χ0v) is 17.7. The van der Waals surface area contributed by atoms with Gasteiger partial charge in [0.2, 0.25) is 0 Å². The zero-order valence-electron chi connectivity index (χ0n) is 17.7. The molecule has 1 aliphatic heterocycles. The van der Waals surface area contributed by atoms with Gasteiger partial charge in [-0.25, -0.2) is 0 Å². The number of nitrogens with zero attached hydrogens (tertiary/aromatic N) is 1. The van der Waals surface area contributed by atoms with Crippen LogP contribution < -0.4 is 0 Å². The van der Waals surface area contributed by atoms with Gasteiger partial charge in [-0.1, -0.05) is 59.8 Å². The SMILES string of the molecule is CCCC(C)CN1CCC2(CC1)CC(OCCC(CCC)CCC)C2. The predicted molar refractivity (Wildman–Crippen MR) is 109 cm³/mol. The topological polar surface area (TPSA) is 12.5 Å². The lowest BCUT2D eigenvalue weighted by Crippen LogP contribution is -2.50. The van der Waals surface area contributed by atoms with Gasteiger partial charge in [0.25, 0.3) is 0 Å². The van der Waals surface area contributed by atoms with Crippen LogP contribution in [0.5, 0.6) is 0 Å². The minimum atomic E-state index is 0.578. The second-order valence-electron chi connectivity index (χ2n) is 9.33. The molecule has 0 bridgehead atoms. The van der Waals surface area contributed by atoms with Gasteiger partial charge in [-0.2, -0.15) is 0 Å².